The number of benzene rings is 1. The first-order valence-electron chi connectivity index (χ1n) is 10.7. The largest absolute Gasteiger partial charge is 0.573 e. The SMILES string of the molecule is C=C(C)/C(=C/Cn1c(Cc2cc(OC(F)(F)F)ccc2F)nc(N(C)C=O)c1C(=O)NC)C(C)C. The fourth-order valence-electron chi connectivity index (χ4n) is 3.60. The maximum atomic E-state index is 14.6. The number of allylic oxidation sites excluding steroid dienone is 3. The van der Waals surface area contributed by atoms with E-state index in [4.69, 9.17) is 0 Å². The Labute approximate surface area is 201 Å². The summed E-state index contributed by atoms with van der Waals surface area (Å²) < 4.78 is 57.9. The van der Waals surface area contributed by atoms with Crippen molar-refractivity contribution in [2.45, 2.75) is 40.1 Å². The Hall–Kier alpha value is -3.63. The maximum Gasteiger partial charge on any atom is 0.573 e. The molecule has 0 radical (unpaired) electrons. The lowest BCUT2D eigenvalue weighted by Crippen LogP contribution is -2.26. The van der Waals surface area contributed by atoms with Gasteiger partial charge in [-0.3, -0.25) is 9.59 Å². The van der Waals surface area contributed by atoms with Gasteiger partial charge in [0.25, 0.3) is 5.91 Å². The van der Waals surface area contributed by atoms with Crippen LogP contribution < -0.4 is 15.0 Å². The Balaban J connectivity index is 2.68. The average molecular weight is 497 g/mol. The Kier molecular flexibility index (Phi) is 8.83. The number of anilines is 1. The molecule has 1 heterocycles. The van der Waals surface area contributed by atoms with Crippen LogP contribution in [-0.4, -0.2) is 42.3 Å². The molecule has 0 atom stereocenters. The van der Waals surface area contributed by atoms with Crippen molar-refractivity contribution in [2.24, 2.45) is 5.92 Å². The number of imidazole rings is 1. The maximum absolute atomic E-state index is 14.6. The van der Waals surface area contributed by atoms with Crippen molar-refractivity contribution in [2.75, 3.05) is 19.0 Å². The summed E-state index contributed by atoms with van der Waals surface area (Å²) in [6, 6.07) is 2.65. The number of carbonyl (C=O) groups is 2. The van der Waals surface area contributed by atoms with Crippen LogP contribution in [0.4, 0.5) is 23.4 Å². The highest BCUT2D eigenvalue weighted by Crippen LogP contribution is 2.28. The van der Waals surface area contributed by atoms with Gasteiger partial charge in [0.1, 0.15) is 17.4 Å². The van der Waals surface area contributed by atoms with Crippen molar-refractivity contribution in [1.29, 1.82) is 0 Å². The number of nitrogens with zero attached hydrogens (tertiary/aromatic N) is 3. The average Bonchev–Trinajstić information content (AvgIpc) is 3.11. The summed E-state index contributed by atoms with van der Waals surface area (Å²) in [5.41, 5.74) is 1.65. The molecule has 0 aliphatic heterocycles. The van der Waals surface area contributed by atoms with Gasteiger partial charge in [0, 0.05) is 27.1 Å². The highest BCUT2D eigenvalue weighted by molar-refractivity contribution is 5.99. The summed E-state index contributed by atoms with van der Waals surface area (Å²) in [5.74, 6) is -1.61. The van der Waals surface area contributed by atoms with Gasteiger partial charge in [-0.2, -0.15) is 0 Å². The Morgan fingerprint density at radius 3 is 2.51 bits per heavy atom. The summed E-state index contributed by atoms with van der Waals surface area (Å²) in [6.45, 7) is 9.88. The van der Waals surface area contributed by atoms with Gasteiger partial charge in [0.2, 0.25) is 6.41 Å². The molecular weight excluding hydrogens is 468 g/mol. The van der Waals surface area contributed by atoms with Crippen molar-refractivity contribution >= 4 is 18.1 Å². The van der Waals surface area contributed by atoms with Gasteiger partial charge in [-0.05, 0) is 42.2 Å². The lowest BCUT2D eigenvalue weighted by Gasteiger charge is -2.15. The van der Waals surface area contributed by atoms with E-state index >= 15 is 0 Å². The Morgan fingerprint density at radius 1 is 1.34 bits per heavy atom. The van der Waals surface area contributed by atoms with E-state index in [1.165, 1.54) is 18.7 Å². The molecule has 0 saturated heterocycles. The van der Waals surface area contributed by atoms with Gasteiger partial charge in [0.15, 0.2) is 11.5 Å². The topological polar surface area (TPSA) is 76.5 Å². The number of alkyl halides is 3. The highest BCUT2D eigenvalue weighted by atomic mass is 19.4. The van der Waals surface area contributed by atoms with E-state index in [1.54, 1.807) is 0 Å². The summed E-state index contributed by atoms with van der Waals surface area (Å²) >= 11 is 0. The van der Waals surface area contributed by atoms with Crippen molar-refractivity contribution in [1.82, 2.24) is 14.9 Å². The molecule has 0 saturated carbocycles. The van der Waals surface area contributed by atoms with Gasteiger partial charge in [-0.1, -0.05) is 32.1 Å². The third-order valence-corrected chi connectivity index (χ3v) is 5.17. The predicted octanol–water partition coefficient (Wildman–Crippen LogP) is 4.62. The monoisotopic (exact) mass is 496 g/mol. The second-order valence-corrected chi connectivity index (χ2v) is 8.18. The van der Waals surface area contributed by atoms with E-state index in [0.717, 1.165) is 34.2 Å². The zero-order valence-corrected chi connectivity index (χ0v) is 20.2. The summed E-state index contributed by atoms with van der Waals surface area (Å²) in [7, 11) is 2.81. The molecule has 7 nitrogen and oxygen atoms in total. The second kappa shape index (κ2) is 11.2. The van der Waals surface area contributed by atoms with Crippen LogP contribution in [0.3, 0.4) is 0 Å². The normalized spacial score (nSPS) is 12.0. The van der Waals surface area contributed by atoms with Crippen molar-refractivity contribution in [3.05, 3.63) is 64.9 Å². The molecule has 2 amide bonds. The third-order valence-electron chi connectivity index (χ3n) is 5.17. The smallest absolute Gasteiger partial charge is 0.406 e. The van der Waals surface area contributed by atoms with E-state index in [2.05, 4.69) is 21.6 Å². The van der Waals surface area contributed by atoms with Crippen LogP contribution in [0.15, 0.2) is 42.0 Å². The van der Waals surface area contributed by atoms with Gasteiger partial charge in [-0.15, -0.1) is 13.2 Å². The van der Waals surface area contributed by atoms with Gasteiger partial charge < -0.3 is 19.5 Å². The van der Waals surface area contributed by atoms with E-state index < -0.39 is 23.8 Å². The molecule has 1 aromatic carbocycles. The van der Waals surface area contributed by atoms with Crippen LogP contribution in [0.5, 0.6) is 5.75 Å². The first-order valence-corrected chi connectivity index (χ1v) is 10.7. The minimum Gasteiger partial charge on any atom is -0.406 e. The molecule has 0 fully saturated rings. The molecule has 0 spiro atoms. The van der Waals surface area contributed by atoms with Crippen LogP contribution in [0.1, 0.15) is 42.6 Å². The van der Waals surface area contributed by atoms with Crippen LogP contribution in [0.25, 0.3) is 0 Å². The van der Waals surface area contributed by atoms with Crippen LogP contribution >= 0.6 is 0 Å². The van der Waals surface area contributed by atoms with Gasteiger partial charge in [0.05, 0.1) is 0 Å². The standard InChI is InChI=1S/C24H28F4N4O3/c1-14(2)18(15(3)4)9-10-32-20(30-22(31(6)13-33)21(32)23(34)29-5)12-16-11-17(7-8-19(16)25)35-24(26,27)28/h7-9,11,13,15H,1,10,12H2,2-6H3,(H,29,34)/b18-9-. The number of hydrogen-bond donors (Lipinski definition) is 1. The van der Waals surface area contributed by atoms with Crippen LogP contribution in [0, 0.1) is 11.7 Å². The number of nitrogens with one attached hydrogen (secondary N) is 1. The van der Waals surface area contributed by atoms with Crippen molar-refractivity contribution in [3.63, 3.8) is 0 Å². The number of hydrogen-bond acceptors (Lipinski definition) is 4. The van der Waals surface area contributed by atoms with E-state index in [0.29, 0.717) is 6.41 Å². The molecule has 0 aliphatic rings. The fraction of sp³-hybridized carbons (Fsp3) is 0.375. The molecule has 0 bridgehead atoms. The molecule has 1 aromatic heterocycles. The molecule has 2 aromatic rings. The number of ether oxygens (including phenoxy) is 1. The van der Waals surface area contributed by atoms with Gasteiger partial charge >= 0.3 is 6.36 Å². The number of rotatable bonds is 10. The quantitative estimate of drug-likeness (QED) is 0.296. The number of carbonyl (C=O) groups excluding carboxylic acids is 2. The van der Waals surface area contributed by atoms with Crippen molar-refractivity contribution < 1.29 is 31.9 Å². The lowest BCUT2D eigenvalue weighted by atomic mass is 9.97. The molecule has 35 heavy (non-hydrogen) atoms. The molecule has 1 N–H and O–H groups in total. The zero-order chi connectivity index (χ0) is 26.5. The predicted molar refractivity (Wildman–Crippen MR) is 124 cm³/mol. The minimum absolute atomic E-state index is 0.0206. The van der Waals surface area contributed by atoms with E-state index in [1.807, 2.05) is 26.8 Å². The summed E-state index contributed by atoms with van der Waals surface area (Å²) in [5, 5.41) is 2.50. The molecular formula is C24H28F4N4O3. The number of aromatic nitrogens is 2. The minimum atomic E-state index is -4.94. The molecule has 190 valence electrons. The van der Waals surface area contributed by atoms with Crippen LogP contribution in [0.2, 0.25) is 0 Å². The fourth-order valence-corrected chi connectivity index (χ4v) is 3.60. The van der Waals surface area contributed by atoms with E-state index in [-0.39, 0.29) is 41.8 Å². The van der Waals surface area contributed by atoms with Crippen molar-refractivity contribution in [3.8, 4) is 5.75 Å². The second-order valence-electron chi connectivity index (χ2n) is 8.18. The molecule has 0 aliphatic carbocycles. The summed E-state index contributed by atoms with van der Waals surface area (Å²) in [6.07, 6.45) is -2.91. The Bertz CT molecular complexity index is 1140. The Morgan fingerprint density at radius 2 is 2.00 bits per heavy atom. The molecule has 2 rings (SSSR count). The highest BCUT2D eigenvalue weighted by Gasteiger charge is 2.31. The lowest BCUT2D eigenvalue weighted by molar-refractivity contribution is -0.274. The number of halogens is 4. The van der Waals surface area contributed by atoms with Gasteiger partial charge in [-0.25, -0.2) is 9.37 Å². The zero-order valence-electron chi connectivity index (χ0n) is 20.2. The van der Waals surface area contributed by atoms with E-state index in [9.17, 15) is 27.2 Å². The first kappa shape index (κ1) is 27.6. The van der Waals surface area contributed by atoms with Crippen LogP contribution in [-0.2, 0) is 17.8 Å². The first-order chi connectivity index (χ1) is 16.3. The number of amides is 2. The molecule has 0 unspecified atom stereocenters. The third kappa shape index (κ3) is 6.93. The molecule has 11 heteroatoms. The summed E-state index contributed by atoms with van der Waals surface area (Å²) in [4.78, 5) is 29.7.